The van der Waals surface area contributed by atoms with Crippen molar-refractivity contribution in [3.63, 3.8) is 0 Å². The molecule has 0 radical (unpaired) electrons. The molecule has 32 heavy (non-hydrogen) atoms. The van der Waals surface area contributed by atoms with Crippen LogP contribution in [0.25, 0.3) is 22.1 Å². The molecule has 0 spiro atoms. The minimum Gasteiger partial charge on any atom is -0.497 e. The van der Waals surface area contributed by atoms with E-state index in [2.05, 4.69) is 5.32 Å². The molecule has 0 aliphatic carbocycles. The molecule has 0 fully saturated rings. The largest absolute Gasteiger partial charge is 0.497 e. The van der Waals surface area contributed by atoms with E-state index in [1.165, 1.54) is 37.4 Å². The van der Waals surface area contributed by atoms with Gasteiger partial charge in [-0.3, -0.25) is 9.59 Å². The highest BCUT2D eigenvalue weighted by molar-refractivity contribution is 6.09. The number of benzene rings is 3. The maximum Gasteiger partial charge on any atom is 0.371 e. The second kappa shape index (κ2) is 8.35. The number of aromatic carboxylic acids is 1. The zero-order valence-electron chi connectivity index (χ0n) is 16.7. The van der Waals surface area contributed by atoms with E-state index in [-0.39, 0.29) is 16.7 Å². The molecule has 0 aliphatic heterocycles. The number of carbonyl (C=O) groups is 2. The van der Waals surface area contributed by atoms with Crippen LogP contribution in [0.4, 0.5) is 10.1 Å². The molecule has 0 saturated heterocycles. The van der Waals surface area contributed by atoms with Gasteiger partial charge in [-0.1, -0.05) is 12.1 Å². The lowest BCUT2D eigenvalue weighted by Crippen LogP contribution is -2.14. The second-order valence-electron chi connectivity index (χ2n) is 6.87. The average Bonchev–Trinajstić information content (AvgIpc) is 2.79. The van der Waals surface area contributed by atoms with Gasteiger partial charge in [-0.2, -0.15) is 0 Å². The normalized spacial score (nSPS) is 10.7. The summed E-state index contributed by atoms with van der Waals surface area (Å²) in [6, 6.07) is 15.8. The minimum absolute atomic E-state index is 0.0433. The third kappa shape index (κ3) is 4.06. The quantitative estimate of drug-likeness (QED) is 0.478. The first-order valence-electron chi connectivity index (χ1n) is 9.42. The molecule has 0 aliphatic rings. The predicted octanol–water partition coefficient (Wildman–Crippen LogP) is 4.56. The molecule has 2 N–H and O–H groups in total. The van der Waals surface area contributed by atoms with Crippen molar-refractivity contribution in [1.82, 2.24) is 0 Å². The highest BCUT2D eigenvalue weighted by Gasteiger charge is 2.18. The maximum absolute atomic E-state index is 13.8. The Balaban J connectivity index is 1.88. The molecule has 1 amide bonds. The number of hydrogen-bond donors (Lipinski definition) is 2. The topological polar surface area (TPSA) is 106 Å². The third-order valence-corrected chi connectivity index (χ3v) is 4.80. The molecule has 4 rings (SSSR count). The summed E-state index contributed by atoms with van der Waals surface area (Å²) in [6.07, 6.45) is 0. The zero-order valence-corrected chi connectivity index (χ0v) is 16.7. The summed E-state index contributed by atoms with van der Waals surface area (Å²) in [4.78, 5) is 36.8. The Morgan fingerprint density at radius 2 is 1.75 bits per heavy atom. The number of anilines is 1. The van der Waals surface area contributed by atoms with E-state index < -0.39 is 28.9 Å². The van der Waals surface area contributed by atoms with E-state index in [4.69, 9.17) is 9.15 Å². The number of hydrogen-bond acceptors (Lipinski definition) is 5. The Morgan fingerprint density at radius 3 is 2.41 bits per heavy atom. The monoisotopic (exact) mass is 433 g/mol. The third-order valence-electron chi connectivity index (χ3n) is 4.80. The SMILES string of the molecule is COc1ccc(C(=O)Nc2cc(-c3cccc(F)c3)cc3c(=O)cc(C(=O)O)oc23)cc1. The lowest BCUT2D eigenvalue weighted by atomic mass is 10.0. The summed E-state index contributed by atoms with van der Waals surface area (Å²) in [6.45, 7) is 0. The Hall–Kier alpha value is -4.46. The van der Waals surface area contributed by atoms with Crippen LogP contribution in [0.1, 0.15) is 20.9 Å². The van der Waals surface area contributed by atoms with Crippen molar-refractivity contribution in [2.24, 2.45) is 0 Å². The number of carboxylic acids is 1. The highest BCUT2D eigenvalue weighted by atomic mass is 19.1. The van der Waals surface area contributed by atoms with Gasteiger partial charge < -0.3 is 19.6 Å². The highest BCUT2D eigenvalue weighted by Crippen LogP contribution is 2.31. The van der Waals surface area contributed by atoms with Crippen LogP contribution in [0.5, 0.6) is 5.75 Å². The van der Waals surface area contributed by atoms with E-state index in [0.29, 0.717) is 22.4 Å². The predicted molar refractivity (Wildman–Crippen MR) is 116 cm³/mol. The fourth-order valence-corrected chi connectivity index (χ4v) is 3.23. The van der Waals surface area contributed by atoms with Gasteiger partial charge in [0.25, 0.3) is 5.91 Å². The van der Waals surface area contributed by atoms with Crippen molar-refractivity contribution in [3.8, 4) is 16.9 Å². The minimum atomic E-state index is -1.43. The maximum atomic E-state index is 13.8. The number of carboxylic acid groups (broad SMARTS) is 1. The van der Waals surface area contributed by atoms with Crippen LogP contribution in [-0.4, -0.2) is 24.1 Å². The number of methoxy groups -OCH3 is 1. The van der Waals surface area contributed by atoms with Crippen LogP contribution in [0.2, 0.25) is 0 Å². The lowest BCUT2D eigenvalue weighted by Gasteiger charge is -2.12. The summed E-state index contributed by atoms with van der Waals surface area (Å²) in [5.74, 6) is -2.42. The first kappa shape index (κ1) is 20.8. The van der Waals surface area contributed by atoms with Crippen molar-refractivity contribution in [2.75, 3.05) is 12.4 Å². The van der Waals surface area contributed by atoms with Gasteiger partial charge in [0.15, 0.2) is 11.0 Å². The van der Waals surface area contributed by atoms with Gasteiger partial charge in [-0.15, -0.1) is 0 Å². The first-order chi connectivity index (χ1) is 15.4. The van der Waals surface area contributed by atoms with Crippen LogP contribution in [0, 0.1) is 5.82 Å². The lowest BCUT2D eigenvalue weighted by molar-refractivity contribution is 0.0663. The number of fused-ring (bicyclic) bond motifs is 1. The van der Waals surface area contributed by atoms with Gasteiger partial charge in [-0.25, -0.2) is 9.18 Å². The van der Waals surface area contributed by atoms with Gasteiger partial charge in [-0.05, 0) is 59.7 Å². The number of carbonyl (C=O) groups excluding carboxylic acids is 1. The number of halogens is 1. The summed E-state index contributed by atoms with van der Waals surface area (Å²) in [5, 5.41) is 12.0. The second-order valence-corrected chi connectivity index (χ2v) is 6.87. The Bertz CT molecular complexity index is 1410. The summed E-state index contributed by atoms with van der Waals surface area (Å²) >= 11 is 0. The first-order valence-corrected chi connectivity index (χ1v) is 9.42. The van der Waals surface area contributed by atoms with Crippen molar-refractivity contribution in [1.29, 1.82) is 0 Å². The average molecular weight is 433 g/mol. The smallest absolute Gasteiger partial charge is 0.371 e. The molecule has 0 saturated carbocycles. The van der Waals surface area contributed by atoms with Crippen molar-refractivity contribution in [2.45, 2.75) is 0 Å². The Labute approximate surface area is 180 Å². The van der Waals surface area contributed by atoms with Gasteiger partial charge in [0.05, 0.1) is 18.2 Å². The molecule has 4 aromatic rings. The van der Waals surface area contributed by atoms with Gasteiger partial charge in [0.2, 0.25) is 5.76 Å². The van der Waals surface area contributed by atoms with Crippen LogP contribution in [0.15, 0.2) is 75.9 Å². The van der Waals surface area contributed by atoms with Crippen LogP contribution >= 0.6 is 0 Å². The number of rotatable bonds is 5. The molecule has 160 valence electrons. The molecule has 0 atom stereocenters. The molecular formula is C24H16FNO6. The molecule has 3 aromatic carbocycles. The Kier molecular flexibility index (Phi) is 5.43. The zero-order chi connectivity index (χ0) is 22.8. The fourth-order valence-electron chi connectivity index (χ4n) is 3.23. The molecule has 0 unspecified atom stereocenters. The number of nitrogens with one attached hydrogen (secondary N) is 1. The van der Waals surface area contributed by atoms with E-state index >= 15 is 0 Å². The van der Waals surface area contributed by atoms with Crippen LogP contribution in [0.3, 0.4) is 0 Å². The molecule has 0 bridgehead atoms. The summed E-state index contributed by atoms with van der Waals surface area (Å²) in [5.41, 5.74) is 0.569. The van der Waals surface area contributed by atoms with E-state index in [0.717, 1.165) is 6.07 Å². The summed E-state index contributed by atoms with van der Waals surface area (Å²) in [7, 11) is 1.50. The fraction of sp³-hybridized carbons (Fsp3) is 0.0417. The standard InChI is InChI=1S/C24H16FNO6/c1-31-17-7-5-13(6-8-17)23(28)26-19-11-15(14-3-2-4-16(25)9-14)10-18-20(27)12-21(24(29)30)32-22(18)19/h2-12H,1H3,(H,26,28)(H,29,30). The van der Waals surface area contributed by atoms with Crippen molar-refractivity contribution >= 4 is 28.5 Å². The summed E-state index contributed by atoms with van der Waals surface area (Å²) < 4.78 is 24.3. The van der Waals surface area contributed by atoms with Gasteiger partial charge >= 0.3 is 5.97 Å². The van der Waals surface area contributed by atoms with E-state index in [1.54, 1.807) is 30.3 Å². The Morgan fingerprint density at radius 1 is 1.00 bits per heavy atom. The molecule has 1 aromatic heterocycles. The van der Waals surface area contributed by atoms with E-state index in [9.17, 15) is 23.9 Å². The van der Waals surface area contributed by atoms with Gasteiger partial charge in [0.1, 0.15) is 11.6 Å². The van der Waals surface area contributed by atoms with Crippen LogP contribution < -0.4 is 15.5 Å². The van der Waals surface area contributed by atoms with Crippen molar-refractivity contribution in [3.05, 3.63) is 94.1 Å². The molecule has 1 heterocycles. The number of amides is 1. The van der Waals surface area contributed by atoms with Gasteiger partial charge in [0, 0.05) is 11.6 Å². The number of ether oxygens (including phenoxy) is 1. The molecular weight excluding hydrogens is 417 g/mol. The van der Waals surface area contributed by atoms with Crippen molar-refractivity contribution < 1.29 is 28.2 Å². The molecule has 7 nitrogen and oxygen atoms in total. The van der Waals surface area contributed by atoms with Crippen LogP contribution in [-0.2, 0) is 0 Å². The molecule has 8 heteroatoms. The van der Waals surface area contributed by atoms with E-state index in [1.807, 2.05) is 0 Å².